The van der Waals surface area contributed by atoms with Crippen LogP contribution in [0.15, 0.2) is 0 Å². The average Bonchev–Trinajstić information content (AvgIpc) is 2.97. The Morgan fingerprint density at radius 2 is 2.13 bits per heavy atom. The Labute approximate surface area is 94.2 Å². The second kappa shape index (κ2) is 6.15. The molecule has 0 aromatic carbocycles. The predicted molar refractivity (Wildman–Crippen MR) is 65.4 cm³/mol. The summed E-state index contributed by atoms with van der Waals surface area (Å²) in [6.07, 6.45) is 8.17. The summed E-state index contributed by atoms with van der Waals surface area (Å²) in [5, 5.41) is 0. The number of nitrogens with zero attached hydrogens (tertiary/aromatic N) is 1. The van der Waals surface area contributed by atoms with E-state index in [0.717, 1.165) is 25.6 Å². The lowest BCUT2D eigenvalue weighted by atomic mass is 9.95. The minimum absolute atomic E-state index is 0.581. The summed E-state index contributed by atoms with van der Waals surface area (Å²) in [5.41, 5.74) is 5.79. The van der Waals surface area contributed by atoms with Crippen LogP contribution in [0, 0.1) is 30.1 Å². The standard InChI is InChI=1S/C13H24N2/c1-4-7-15(9-12-5-6-12)10-13(8-14)11(2)3/h1,11-13H,5-10,14H2,2-3H3. The summed E-state index contributed by atoms with van der Waals surface area (Å²) in [6, 6.07) is 0. The van der Waals surface area contributed by atoms with Crippen molar-refractivity contribution in [2.45, 2.75) is 26.7 Å². The molecule has 0 bridgehead atoms. The highest BCUT2D eigenvalue weighted by Gasteiger charge is 2.25. The Bertz CT molecular complexity index is 213. The van der Waals surface area contributed by atoms with Crippen LogP contribution >= 0.6 is 0 Å². The van der Waals surface area contributed by atoms with Crippen molar-refractivity contribution < 1.29 is 0 Å². The van der Waals surface area contributed by atoms with E-state index in [2.05, 4.69) is 24.7 Å². The topological polar surface area (TPSA) is 29.3 Å². The minimum Gasteiger partial charge on any atom is -0.330 e. The van der Waals surface area contributed by atoms with E-state index in [1.807, 2.05) is 0 Å². The molecule has 1 aliphatic carbocycles. The second-order valence-electron chi connectivity index (χ2n) is 5.08. The first kappa shape index (κ1) is 12.5. The zero-order valence-corrected chi connectivity index (χ0v) is 10.1. The first-order valence-corrected chi connectivity index (χ1v) is 6.03. The van der Waals surface area contributed by atoms with Gasteiger partial charge in [-0.25, -0.2) is 0 Å². The molecule has 0 radical (unpaired) electrons. The molecule has 1 saturated carbocycles. The Morgan fingerprint density at radius 1 is 1.47 bits per heavy atom. The summed E-state index contributed by atoms with van der Waals surface area (Å²) >= 11 is 0. The predicted octanol–water partition coefficient (Wildman–Crippen LogP) is 1.56. The average molecular weight is 208 g/mol. The molecule has 2 heteroatoms. The number of nitrogens with two attached hydrogens (primary N) is 1. The first-order chi connectivity index (χ1) is 7.17. The molecule has 0 saturated heterocycles. The monoisotopic (exact) mass is 208 g/mol. The molecule has 0 aliphatic heterocycles. The van der Waals surface area contributed by atoms with E-state index in [1.165, 1.54) is 19.4 Å². The molecule has 0 heterocycles. The summed E-state index contributed by atoms with van der Waals surface area (Å²) < 4.78 is 0. The fraction of sp³-hybridized carbons (Fsp3) is 0.846. The van der Waals surface area contributed by atoms with Crippen molar-refractivity contribution in [3.8, 4) is 12.3 Å². The van der Waals surface area contributed by atoms with Crippen LogP contribution in [-0.2, 0) is 0 Å². The maximum absolute atomic E-state index is 5.79. The lowest BCUT2D eigenvalue weighted by Crippen LogP contribution is -2.37. The SMILES string of the molecule is C#CCN(CC1CC1)CC(CN)C(C)C. The summed E-state index contributed by atoms with van der Waals surface area (Å²) in [7, 11) is 0. The van der Waals surface area contributed by atoms with Crippen LogP contribution in [0.1, 0.15) is 26.7 Å². The van der Waals surface area contributed by atoms with Crippen LogP contribution in [0.3, 0.4) is 0 Å². The van der Waals surface area contributed by atoms with E-state index in [4.69, 9.17) is 12.2 Å². The van der Waals surface area contributed by atoms with E-state index < -0.39 is 0 Å². The van der Waals surface area contributed by atoms with Crippen LogP contribution in [0.2, 0.25) is 0 Å². The van der Waals surface area contributed by atoms with Gasteiger partial charge in [0.05, 0.1) is 6.54 Å². The van der Waals surface area contributed by atoms with Gasteiger partial charge < -0.3 is 5.73 Å². The molecule has 1 atom stereocenters. The van der Waals surface area contributed by atoms with Crippen LogP contribution in [-0.4, -0.2) is 31.1 Å². The molecule has 0 aromatic rings. The van der Waals surface area contributed by atoms with Gasteiger partial charge in [-0.2, -0.15) is 0 Å². The smallest absolute Gasteiger partial charge is 0.0599 e. The third-order valence-electron chi connectivity index (χ3n) is 3.27. The van der Waals surface area contributed by atoms with Gasteiger partial charge in [-0.3, -0.25) is 4.90 Å². The van der Waals surface area contributed by atoms with E-state index >= 15 is 0 Å². The van der Waals surface area contributed by atoms with Gasteiger partial charge in [0, 0.05) is 13.1 Å². The van der Waals surface area contributed by atoms with Gasteiger partial charge in [0.15, 0.2) is 0 Å². The van der Waals surface area contributed by atoms with Gasteiger partial charge in [-0.15, -0.1) is 6.42 Å². The molecule has 1 aliphatic rings. The van der Waals surface area contributed by atoms with Gasteiger partial charge in [0.1, 0.15) is 0 Å². The fourth-order valence-corrected chi connectivity index (χ4v) is 1.89. The molecule has 15 heavy (non-hydrogen) atoms. The van der Waals surface area contributed by atoms with Gasteiger partial charge in [0.2, 0.25) is 0 Å². The number of hydrogen-bond donors (Lipinski definition) is 1. The molecule has 1 rings (SSSR count). The van der Waals surface area contributed by atoms with Gasteiger partial charge in [-0.1, -0.05) is 19.8 Å². The summed E-state index contributed by atoms with van der Waals surface area (Å²) in [5.74, 6) is 4.89. The Morgan fingerprint density at radius 3 is 2.53 bits per heavy atom. The van der Waals surface area contributed by atoms with Crippen molar-refractivity contribution in [2.24, 2.45) is 23.5 Å². The van der Waals surface area contributed by atoms with Crippen molar-refractivity contribution in [1.29, 1.82) is 0 Å². The zero-order chi connectivity index (χ0) is 11.3. The largest absolute Gasteiger partial charge is 0.330 e. The molecular weight excluding hydrogens is 184 g/mol. The number of rotatable bonds is 7. The highest BCUT2D eigenvalue weighted by molar-refractivity contribution is 4.91. The fourth-order valence-electron chi connectivity index (χ4n) is 1.89. The van der Waals surface area contributed by atoms with E-state index in [9.17, 15) is 0 Å². The van der Waals surface area contributed by atoms with Crippen LogP contribution in [0.25, 0.3) is 0 Å². The maximum atomic E-state index is 5.79. The van der Waals surface area contributed by atoms with Gasteiger partial charge in [-0.05, 0) is 37.1 Å². The Kier molecular flexibility index (Phi) is 5.14. The van der Waals surface area contributed by atoms with Crippen molar-refractivity contribution >= 4 is 0 Å². The molecule has 86 valence electrons. The van der Waals surface area contributed by atoms with Gasteiger partial charge in [0.25, 0.3) is 0 Å². The lowest BCUT2D eigenvalue weighted by Gasteiger charge is -2.27. The highest BCUT2D eigenvalue weighted by atomic mass is 15.1. The quantitative estimate of drug-likeness (QED) is 0.643. The summed E-state index contributed by atoms with van der Waals surface area (Å²) in [6.45, 7) is 8.26. The molecule has 1 fully saturated rings. The molecule has 0 spiro atoms. The number of terminal acetylenes is 1. The highest BCUT2D eigenvalue weighted by Crippen LogP contribution is 2.30. The lowest BCUT2D eigenvalue weighted by molar-refractivity contribution is 0.217. The zero-order valence-electron chi connectivity index (χ0n) is 10.1. The molecule has 2 N–H and O–H groups in total. The molecular formula is C13H24N2. The molecule has 0 aromatic heterocycles. The molecule has 2 nitrogen and oxygen atoms in total. The van der Waals surface area contributed by atoms with Crippen LogP contribution < -0.4 is 5.73 Å². The van der Waals surface area contributed by atoms with Crippen molar-refractivity contribution in [3.05, 3.63) is 0 Å². The van der Waals surface area contributed by atoms with Crippen LogP contribution in [0.5, 0.6) is 0 Å². The van der Waals surface area contributed by atoms with Crippen molar-refractivity contribution in [3.63, 3.8) is 0 Å². The normalized spacial score (nSPS) is 18.1. The van der Waals surface area contributed by atoms with Crippen LogP contribution in [0.4, 0.5) is 0 Å². The van der Waals surface area contributed by atoms with E-state index in [0.29, 0.717) is 11.8 Å². The number of hydrogen-bond acceptors (Lipinski definition) is 2. The minimum atomic E-state index is 0.581. The first-order valence-electron chi connectivity index (χ1n) is 6.03. The summed E-state index contributed by atoms with van der Waals surface area (Å²) in [4.78, 5) is 2.40. The molecule has 1 unspecified atom stereocenters. The Hall–Kier alpha value is -0.520. The van der Waals surface area contributed by atoms with Crippen molar-refractivity contribution in [2.75, 3.05) is 26.2 Å². The van der Waals surface area contributed by atoms with E-state index in [1.54, 1.807) is 0 Å². The van der Waals surface area contributed by atoms with Gasteiger partial charge >= 0.3 is 0 Å². The van der Waals surface area contributed by atoms with Crippen molar-refractivity contribution in [1.82, 2.24) is 4.90 Å². The van der Waals surface area contributed by atoms with E-state index in [-0.39, 0.29) is 0 Å². The third-order valence-corrected chi connectivity index (χ3v) is 3.27. The molecule has 0 amide bonds. The third kappa shape index (κ3) is 4.68. The Balaban J connectivity index is 2.36. The maximum Gasteiger partial charge on any atom is 0.0599 e. The second-order valence-corrected chi connectivity index (χ2v) is 5.08.